The summed E-state index contributed by atoms with van der Waals surface area (Å²) in [6.45, 7) is 6.53. The van der Waals surface area contributed by atoms with E-state index < -0.39 is 6.03 Å². The van der Waals surface area contributed by atoms with Gasteiger partial charge in [0.15, 0.2) is 5.12 Å². The van der Waals surface area contributed by atoms with Gasteiger partial charge in [0.05, 0.1) is 18.0 Å². The lowest BCUT2D eigenvalue weighted by atomic mass is 9.92. The molecule has 1 aromatic heterocycles. The van der Waals surface area contributed by atoms with Gasteiger partial charge in [-0.3, -0.25) is 9.59 Å². The topological polar surface area (TPSA) is 112 Å². The van der Waals surface area contributed by atoms with Crippen LogP contribution < -0.4 is 20.7 Å². The van der Waals surface area contributed by atoms with Crippen molar-refractivity contribution in [1.29, 1.82) is 0 Å². The lowest BCUT2D eigenvalue weighted by Crippen LogP contribution is -2.24. The molecule has 36 heavy (non-hydrogen) atoms. The molecule has 1 atom stereocenters. The van der Waals surface area contributed by atoms with Gasteiger partial charge in [-0.05, 0) is 31.0 Å². The Labute approximate surface area is 214 Å². The molecule has 1 unspecified atom stereocenters. The van der Waals surface area contributed by atoms with Gasteiger partial charge in [0.25, 0.3) is 5.91 Å². The molecular weight excluding hydrogens is 476 g/mol. The summed E-state index contributed by atoms with van der Waals surface area (Å²) < 4.78 is 6.04. The van der Waals surface area contributed by atoms with Crippen molar-refractivity contribution in [3.63, 3.8) is 0 Å². The van der Waals surface area contributed by atoms with E-state index in [0.29, 0.717) is 35.8 Å². The quantitative estimate of drug-likeness (QED) is 0.336. The molecule has 0 spiro atoms. The Morgan fingerprint density at radius 1 is 1.08 bits per heavy atom. The highest BCUT2D eigenvalue weighted by atomic mass is 32.2. The number of fused-ring (bicyclic) bond motifs is 1. The Bertz CT molecular complexity index is 1290. The lowest BCUT2D eigenvalue weighted by Gasteiger charge is -2.15. The van der Waals surface area contributed by atoms with E-state index in [2.05, 4.69) is 20.9 Å². The molecule has 9 heteroatoms. The number of nitrogens with one attached hydrogen (secondary N) is 4. The van der Waals surface area contributed by atoms with Crippen molar-refractivity contribution in [2.24, 2.45) is 5.92 Å². The van der Waals surface area contributed by atoms with Gasteiger partial charge in [-0.1, -0.05) is 56.8 Å². The molecule has 4 N–H and O–H groups in total. The van der Waals surface area contributed by atoms with Crippen LogP contribution in [0.3, 0.4) is 0 Å². The fraction of sp³-hybridized carbons (Fsp3) is 0.370. The van der Waals surface area contributed by atoms with E-state index in [-0.39, 0.29) is 22.4 Å². The lowest BCUT2D eigenvalue weighted by molar-refractivity contribution is -0.114. The number of carbonyl (C=O) groups is 3. The first-order valence-electron chi connectivity index (χ1n) is 12.0. The minimum Gasteiger partial charge on any atom is -0.493 e. The summed E-state index contributed by atoms with van der Waals surface area (Å²) in [6, 6.07) is 12.6. The molecule has 0 radical (unpaired) electrons. The fourth-order valence-corrected chi connectivity index (χ4v) is 5.23. The number of thioether (sulfide) groups is 1. The van der Waals surface area contributed by atoms with Gasteiger partial charge in [0.1, 0.15) is 11.4 Å². The van der Waals surface area contributed by atoms with Crippen LogP contribution in [0, 0.1) is 5.92 Å². The van der Waals surface area contributed by atoms with Crippen molar-refractivity contribution < 1.29 is 19.1 Å². The highest BCUT2D eigenvalue weighted by Gasteiger charge is 2.25. The molecule has 1 saturated heterocycles. The molecule has 1 aliphatic rings. The molecule has 4 rings (SSSR count). The van der Waals surface area contributed by atoms with Crippen molar-refractivity contribution >= 4 is 51.0 Å². The van der Waals surface area contributed by atoms with Gasteiger partial charge in [-0.25, -0.2) is 4.79 Å². The number of carbonyl (C=O) groups excluding carboxylic acids is 3. The number of aromatic nitrogens is 1. The average molecular weight is 509 g/mol. The Balaban J connectivity index is 1.50. The van der Waals surface area contributed by atoms with Crippen LogP contribution in [-0.4, -0.2) is 41.4 Å². The number of benzene rings is 2. The van der Waals surface area contributed by atoms with Crippen LogP contribution >= 0.6 is 11.8 Å². The predicted molar refractivity (Wildman–Crippen MR) is 145 cm³/mol. The second-order valence-corrected chi connectivity index (χ2v) is 10.9. The van der Waals surface area contributed by atoms with E-state index in [1.807, 2.05) is 51.1 Å². The number of rotatable bonds is 7. The molecule has 0 aliphatic carbocycles. The zero-order valence-corrected chi connectivity index (χ0v) is 21.8. The Hall–Kier alpha value is -3.46. The van der Waals surface area contributed by atoms with Gasteiger partial charge in [-0.15, -0.1) is 0 Å². The van der Waals surface area contributed by atoms with E-state index in [0.717, 1.165) is 28.6 Å². The predicted octanol–water partition coefficient (Wildman–Crippen LogP) is 5.52. The van der Waals surface area contributed by atoms with Crippen LogP contribution in [0.25, 0.3) is 10.8 Å². The number of H-pyrrole nitrogens is 1. The average Bonchev–Trinajstić information content (AvgIpc) is 3.46. The standard InChI is InChI=1S/C27H32N4O4S/c1-27(2,3)22-15-20(23(31-22)24(32)28-4)30-26(34)29-19-9-10-21(18-8-6-5-7-17(18)19)35-13-11-16-12-14-36-25(16)33/h5-10,15-16,31H,11-14H2,1-4H3,(H,28,32)(H2,29,30,34). The number of hydrogen-bond acceptors (Lipinski definition) is 5. The van der Waals surface area contributed by atoms with E-state index >= 15 is 0 Å². The molecule has 2 heterocycles. The summed E-state index contributed by atoms with van der Waals surface area (Å²) in [7, 11) is 1.55. The molecule has 1 aliphatic heterocycles. The Morgan fingerprint density at radius 2 is 1.81 bits per heavy atom. The molecule has 190 valence electrons. The number of aromatic amines is 1. The highest BCUT2D eigenvalue weighted by molar-refractivity contribution is 8.14. The van der Waals surface area contributed by atoms with Crippen LogP contribution in [0.15, 0.2) is 42.5 Å². The molecule has 0 saturated carbocycles. The molecule has 1 fully saturated rings. The van der Waals surface area contributed by atoms with Gasteiger partial charge in [0, 0.05) is 40.6 Å². The molecule has 0 bridgehead atoms. The second-order valence-electron chi connectivity index (χ2n) is 9.83. The Morgan fingerprint density at radius 3 is 2.47 bits per heavy atom. The van der Waals surface area contributed by atoms with Gasteiger partial charge in [0.2, 0.25) is 0 Å². The first-order chi connectivity index (χ1) is 17.2. The number of amides is 3. The maximum atomic E-state index is 12.9. The molecule has 2 aromatic carbocycles. The normalized spacial score (nSPS) is 15.7. The summed E-state index contributed by atoms with van der Waals surface area (Å²) >= 11 is 1.40. The van der Waals surface area contributed by atoms with Gasteiger partial charge >= 0.3 is 6.03 Å². The third-order valence-electron chi connectivity index (χ3n) is 6.23. The molecule has 3 amide bonds. The summed E-state index contributed by atoms with van der Waals surface area (Å²) in [6.07, 6.45) is 1.61. The number of hydrogen-bond donors (Lipinski definition) is 4. The van der Waals surface area contributed by atoms with Gasteiger partial charge in [-0.2, -0.15) is 0 Å². The number of anilines is 2. The van der Waals surface area contributed by atoms with Crippen LogP contribution in [0.5, 0.6) is 5.75 Å². The zero-order chi connectivity index (χ0) is 25.9. The third-order valence-corrected chi connectivity index (χ3v) is 7.29. The number of ether oxygens (including phenoxy) is 1. The summed E-state index contributed by atoms with van der Waals surface area (Å²) in [5.74, 6) is 1.35. The van der Waals surface area contributed by atoms with Crippen LogP contribution in [-0.2, 0) is 10.2 Å². The Kier molecular flexibility index (Phi) is 7.59. The van der Waals surface area contributed by atoms with Crippen molar-refractivity contribution in [3.8, 4) is 5.75 Å². The monoisotopic (exact) mass is 508 g/mol. The first kappa shape index (κ1) is 25.6. The third kappa shape index (κ3) is 5.67. The van der Waals surface area contributed by atoms with E-state index in [4.69, 9.17) is 4.74 Å². The molecule has 3 aromatic rings. The van der Waals surface area contributed by atoms with Crippen molar-refractivity contribution in [2.45, 2.75) is 39.0 Å². The highest BCUT2D eigenvalue weighted by Crippen LogP contribution is 2.33. The first-order valence-corrected chi connectivity index (χ1v) is 13.0. The van der Waals surface area contributed by atoms with E-state index in [9.17, 15) is 14.4 Å². The van der Waals surface area contributed by atoms with Crippen molar-refractivity contribution in [2.75, 3.05) is 30.0 Å². The summed E-state index contributed by atoms with van der Waals surface area (Å²) in [5, 5.41) is 10.3. The fourth-order valence-electron chi connectivity index (χ4n) is 4.15. The molecule has 8 nitrogen and oxygen atoms in total. The van der Waals surface area contributed by atoms with Crippen LogP contribution in [0.4, 0.5) is 16.2 Å². The van der Waals surface area contributed by atoms with Gasteiger partial charge < -0.3 is 25.7 Å². The largest absolute Gasteiger partial charge is 0.493 e. The SMILES string of the molecule is CNC(=O)c1[nH]c(C(C)(C)C)cc1NC(=O)Nc1ccc(OCCC2CCSC2=O)c2ccccc12. The number of urea groups is 1. The maximum absolute atomic E-state index is 12.9. The summed E-state index contributed by atoms with van der Waals surface area (Å²) in [4.78, 5) is 40.3. The zero-order valence-electron chi connectivity index (χ0n) is 21.0. The molecular formula is C27H32N4O4S. The minimum absolute atomic E-state index is 0.0674. The second kappa shape index (κ2) is 10.7. The van der Waals surface area contributed by atoms with Crippen LogP contribution in [0.1, 0.15) is 49.8 Å². The maximum Gasteiger partial charge on any atom is 0.323 e. The smallest absolute Gasteiger partial charge is 0.323 e. The minimum atomic E-state index is -0.462. The van der Waals surface area contributed by atoms with Crippen LogP contribution in [0.2, 0.25) is 0 Å². The van der Waals surface area contributed by atoms with E-state index in [1.165, 1.54) is 11.8 Å². The van der Waals surface area contributed by atoms with Crippen molar-refractivity contribution in [1.82, 2.24) is 10.3 Å². The van der Waals surface area contributed by atoms with E-state index in [1.54, 1.807) is 19.2 Å². The van der Waals surface area contributed by atoms with Crippen molar-refractivity contribution in [3.05, 3.63) is 53.9 Å². The summed E-state index contributed by atoms with van der Waals surface area (Å²) in [5.41, 5.74) is 1.92.